The van der Waals surface area contributed by atoms with Gasteiger partial charge in [0.15, 0.2) is 0 Å². The fourth-order valence-corrected chi connectivity index (χ4v) is 6.86. The Bertz CT molecular complexity index is 149. The van der Waals surface area contributed by atoms with Crippen molar-refractivity contribution in [2.75, 3.05) is 0 Å². The molecule has 1 heteroatoms. The molecule has 0 unspecified atom stereocenters. The molecule has 0 N–H and O–H groups in total. The van der Waals surface area contributed by atoms with Crippen LogP contribution in [-0.4, -0.2) is 0 Å². The summed E-state index contributed by atoms with van der Waals surface area (Å²) >= 11 is -0.0953. The molecule has 0 aromatic heterocycles. The van der Waals surface area contributed by atoms with E-state index in [1.165, 1.54) is 89.9 Å². The minimum atomic E-state index is -0.0953. The molecular formula is C20H42Zn. The van der Waals surface area contributed by atoms with E-state index < -0.39 is 0 Å². The fourth-order valence-electron chi connectivity index (χ4n) is 3.15. The molecular weight excluding hydrogens is 306 g/mol. The number of rotatable bonds is 18. The predicted molar refractivity (Wildman–Crippen MR) is 94.8 cm³/mol. The molecule has 0 spiro atoms. The monoisotopic (exact) mass is 346 g/mol. The first kappa shape index (κ1) is 21.6. The van der Waals surface area contributed by atoms with Gasteiger partial charge in [0.25, 0.3) is 0 Å². The van der Waals surface area contributed by atoms with Crippen LogP contribution in [0.15, 0.2) is 0 Å². The molecule has 0 heterocycles. The van der Waals surface area contributed by atoms with Gasteiger partial charge in [-0.1, -0.05) is 0 Å². The molecule has 0 rings (SSSR count). The van der Waals surface area contributed by atoms with Crippen molar-refractivity contribution in [1.29, 1.82) is 0 Å². The molecule has 124 valence electrons. The van der Waals surface area contributed by atoms with Gasteiger partial charge in [0.05, 0.1) is 0 Å². The van der Waals surface area contributed by atoms with Gasteiger partial charge in [-0.25, -0.2) is 0 Å². The van der Waals surface area contributed by atoms with Gasteiger partial charge in [-0.2, -0.15) is 0 Å². The van der Waals surface area contributed by atoms with Crippen molar-refractivity contribution in [2.45, 2.75) is 127 Å². The van der Waals surface area contributed by atoms with Gasteiger partial charge in [0, 0.05) is 0 Å². The van der Waals surface area contributed by atoms with E-state index in [9.17, 15) is 0 Å². The topological polar surface area (TPSA) is 0 Å². The Balaban J connectivity index is 2.90. The molecule has 0 saturated carbocycles. The van der Waals surface area contributed by atoms with Crippen LogP contribution in [0.1, 0.15) is 117 Å². The second-order valence-corrected chi connectivity index (χ2v) is 11.5. The van der Waals surface area contributed by atoms with Gasteiger partial charge in [-0.05, 0) is 0 Å². The first-order chi connectivity index (χ1) is 10.4. The van der Waals surface area contributed by atoms with Gasteiger partial charge in [0.2, 0.25) is 0 Å². The van der Waals surface area contributed by atoms with Crippen LogP contribution in [0.4, 0.5) is 0 Å². The minimum absolute atomic E-state index is 0.0953. The van der Waals surface area contributed by atoms with Crippen molar-refractivity contribution in [2.24, 2.45) is 0 Å². The van der Waals surface area contributed by atoms with E-state index >= 15 is 0 Å². The summed E-state index contributed by atoms with van der Waals surface area (Å²) in [5.74, 6) is 0. The van der Waals surface area contributed by atoms with E-state index in [1.807, 2.05) is 0 Å². The first-order valence-electron chi connectivity index (χ1n) is 10.4. The Morgan fingerprint density at radius 1 is 0.381 bits per heavy atom. The number of hydrogen-bond acceptors (Lipinski definition) is 0. The molecule has 0 nitrogen and oxygen atoms in total. The first-order valence-corrected chi connectivity index (χ1v) is 14.6. The standard InChI is InChI=1S/2C10H21.Zn/c2*1-3-5-7-9-10-8-6-4-2;/h2*1,3-10H2,2H3;. The van der Waals surface area contributed by atoms with Crippen LogP contribution in [-0.2, 0) is 17.1 Å². The SMILES string of the molecule is CCCCCCCCC[CH2][Zn][CH2]CCCCCCCCC. The maximum absolute atomic E-state index is 2.30. The van der Waals surface area contributed by atoms with E-state index in [-0.39, 0.29) is 17.1 Å². The molecule has 0 saturated heterocycles. The summed E-state index contributed by atoms with van der Waals surface area (Å²) < 4.78 is 0. The Morgan fingerprint density at radius 2 is 0.667 bits per heavy atom. The molecule has 0 aromatic rings. The van der Waals surface area contributed by atoms with E-state index in [0.29, 0.717) is 0 Å². The summed E-state index contributed by atoms with van der Waals surface area (Å²) in [6.07, 6.45) is 23.9. The van der Waals surface area contributed by atoms with Crippen molar-refractivity contribution >= 4 is 0 Å². The average Bonchev–Trinajstić information content (AvgIpc) is 2.50. The summed E-state index contributed by atoms with van der Waals surface area (Å²) in [5, 5.41) is 3.36. The van der Waals surface area contributed by atoms with Gasteiger partial charge < -0.3 is 0 Å². The second kappa shape index (κ2) is 20.6. The molecule has 21 heavy (non-hydrogen) atoms. The third-order valence-corrected chi connectivity index (χ3v) is 8.90. The summed E-state index contributed by atoms with van der Waals surface area (Å²) in [5.41, 5.74) is 0. The van der Waals surface area contributed by atoms with E-state index in [0.717, 1.165) is 0 Å². The average molecular weight is 348 g/mol. The summed E-state index contributed by atoms with van der Waals surface area (Å²) in [6, 6.07) is 0. The molecule has 0 amide bonds. The number of hydrogen-bond donors (Lipinski definition) is 0. The molecule has 0 radical (unpaired) electrons. The second-order valence-electron chi connectivity index (χ2n) is 7.01. The zero-order valence-corrected chi connectivity index (χ0v) is 18.4. The Morgan fingerprint density at radius 3 is 1.00 bits per heavy atom. The van der Waals surface area contributed by atoms with Crippen molar-refractivity contribution in [1.82, 2.24) is 0 Å². The van der Waals surface area contributed by atoms with Crippen LogP contribution >= 0.6 is 0 Å². The van der Waals surface area contributed by atoms with Crippen molar-refractivity contribution in [3.63, 3.8) is 0 Å². The summed E-state index contributed by atoms with van der Waals surface area (Å²) in [4.78, 5) is 0. The van der Waals surface area contributed by atoms with Crippen molar-refractivity contribution in [3.8, 4) is 0 Å². The Labute approximate surface area is 143 Å². The Kier molecular flexibility index (Phi) is 21.2. The van der Waals surface area contributed by atoms with E-state index in [1.54, 1.807) is 22.9 Å². The molecule has 0 aliphatic carbocycles. The third kappa shape index (κ3) is 20.6. The predicted octanol–water partition coefficient (Wildman–Crippen LogP) is 8.19. The number of unbranched alkanes of at least 4 members (excludes halogenated alkanes) is 14. The molecule has 0 atom stereocenters. The summed E-state index contributed by atoms with van der Waals surface area (Å²) in [7, 11) is 0. The zero-order valence-electron chi connectivity index (χ0n) is 15.4. The van der Waals surface area contributed by atoms with E-state index in [4.69, 9.17) is 0 Å². The van der Waals surface area contributed by atoms with Crippen LogP contribution in [0.25, 0.3) is 0 Å². The van der Waals surface area contributed by atoms with Crippen molar-refractivity contribution in [3.05, 3.63) is 0 Å². The normalized spacial score (nSPS) is 10.8. The molecule has 0 aromatic carbocycles. The van der Waals surface area contributed by atoms with Crippen LogP contribution in [0.5, 0.6) is 0 Å². The van der Waals surface area contributed by atoms with Crippen LogP contribution in [0.2, 0.25) is 10.0 Å². The molecule has 0 aliphatic heterocycles. The Hall–Kier alpha value is 0.623. The van der Waals surface area contributed by atoms with Gasteiger partial charge in [-0.3, -0.25) is 0 Å². The van der Waals surface area contributed by atoms with Crippen LogP contribution in [0.3, 0.4) is 0 Å². The third-order valence-electron chi connectivity index (χ3n) is 4.71. The van der Waals surface area contributed by atoms with Gasteiger partial charge in [-0.15, -0.1) is 0 Å². The van der Waals surface area contributed by atoms with Crippen molar-refractivity contribution < 1.29 is 17.1 Å². The van der Waals surface area contributed by atoms with Gasteiger partial charge >= 0.3 is 144 Å². The van der Waals surface area contributed by atoms with Gasteiger partial charge in [0.1, 0.15) is 0 Å². The van der Waals surface area contributed by atoms with E-state index in [2.05, 4.69) is 13.8 Å². The fraction of sp³-hybridized carbons (Fsp3) is 1.00. The molecule has 0 fully saturated rings. The van der Waals surface area contributed by atoms with Crippen LogP contribution < -0.4 is 0 Å². The summed E-state index contributed by atoms with van der Waals surface area (Å²) in [6.45, 7) is 4.61. The maximum atomic E-state index is 2.30. The molecule has 0 aliphatic rings. The zero-order chi connectivity index (χ0) is 15.4. The molecule has 0 bridgehead atoms. The van der Waals surface area contributed by atoms with Crippen LogP contribution in [0, 0.1) is 0 Å². The quantitative estimate of drug-likeness (QED) is 0.173.